The van der Waals surface area contributed by atoms with Crippen LogP contribution in [0.1, 0.15) is 27.9 Å². The quantitative estimate of drug-likeness (QED) is 0.415. The Balaban J connectivity index is 1.27. The Morgan fingerprint density at radius 2 is 1.56 bits per heavy atom. The van der Waals surface area contributed by atoms with Crippen LogP contribution in [-0.2, 0) is 15.8 Å². The van der Waals surface area contributed by atoms with Gasteiger partial charge in [0, 0.05) is 50.1 Å². The molecule has 0 saturated carbocycles. The average Bonchev–Trinajstić information content (AvgIpc) is 3.40. The van der Waals surface area contributed by atoms with Crippen LogP contribution in [0.2, 0.25) is 0 Å². The number of carbonyl (C=O) groups excluding carboxylic acids is 2. The van der Waals surface area contributed by atoms with Crippen LogP contribution in [0.5, 0.6) is 0 Å². The highest BCUT2D eigenvalue weighted by molar-refractivity contribution is 5.99. The van der Waals surface area contributed by atoms with Gasteiger partial charge in [0.1, 0.15) is 6.04 Å². The van der Waals surface area contributed by atoms with Gasteiger partial charge in [0.05, 0.1) is 18.4 Å². The fourth-order valence-electron chi connectivity index (χ4n) is 5.32. The minimum Gasteiger partial charge on any atom is -0.368 e. The molecule has 5 rings (SSSR count). The zero-order valence-corrected chi connectivity index (χ0v) is 22.8. The molecular weight excluding hydrogens is 533 g/mol. The number of nitrogens with zero attached hydrogens (tertiary/aromatic N) is 3. The molecule has 0 bridgehead atoms. The van der Waals surface area contributed by atoms with Crippen molar-refractivity contribution in [1.29, 1.82) is 0 Å². The molecule has 0 radical (unpaired) electrons. The first kappa shape index (κ1) is 28.2. The van der Waals surface area contributed by atoms with Gasteiger partial charge in [-0.15, -0.1) is 0 Å². The lowest BCUT2D eigenvalue weighted by atomic mass is 9.99. The molecule has 3 aromatic rings. The Hall–Kier alpha value is -4.31. The SMILES string of the molecule is CONC1=CN(C(=O)c2ccc(-c3ccccc3C)cc2)C(C(=O)N2CCN(c3ccc(C(F)(F)F)cc3)CC2)C1. The fourth-order valence-corrected chi connectivity index (χ4v) is 5.32. The number of nitrogens with one attached hydrogen (secondary N) is 1. The summed E-state index contributed by atoms with van der Waals surface area (Å²) < 4.78 is 38.8. The van der Waals surface area contributed by atoms with Crippen LogP contribution in [0, 0.1) is 6.92 Å². The maximum Gasteiger partial charge on any atom is 0.416 e. The topological polar surface area (TPSA) is 65.1 Å². The lowest BCUT2D eigenvalue weighted by Crippen LogP contribution is -2.54. The highest BCUT2D eigenvalue weighted by Gasteiger charge is 2.38. The first-order chi connectivity index (χ1) is 19.7. The monoisotopic (exact) mass is 564 g/mol. The Morgan fingerprint density at radius 1 is 0.902 bits per heavy atom. The Morgan fingerprint density at radius 3 is 2.17 bits per heavy atom. The minimum atomic E-state index is -4.39. The first-order valence-corrected chi connectivity index (χ1v) is 13.3. The van der Waals surface area contributed by atoms with Crippen molar-refractivity contribution in [3.05, 3.63) is 101 Å². The molecule has 1 saturated heterocycles. The number of anilines is 1. The van der Waals surface area contributed by atoms with E-state index in [0.717, 1.165) is 28.8 Å². The molecule has 41 heavy (non-hydrogen) atoms. The third-order valence-electron chi connectivity index (χ3n) is 7.54. The van der Waals surface area contributed by atoms with Gasteiger partial charge in [-0.1, -0.05) is 36.4 Å². The van der Waals surface area contributed by atoms with E-state index in [1.165, 1.54) is 24.1 Å². The van der Waals surface area contributed by atoms with Gasteiger partial charge in [0.2, 0.25) is 5.91 Å². The van der Waals surface area contributed by atoms with Crippen molar-refractivity contribution in [2.75, 3.05) is 38.2 Å². The van der Waals surface area contributed by atoms with Gasteiger partial charge >= 0.3 is 6.18 Å². The molecule has 214 valence electrons. The second-order valence-corrected chi connectivity index (χ2v) is 10.1. The highest BCUT2D eigenvalue weighted by Crippen LogP contribution is 2.31. The number of carbonyl (C=O) groups is 2. The smallest absolute Gasteiger partial charge is 0.368 e. The summed E-state index contributed by atoms with van der Waals surface area (Å²) in [7, 11) is 1.47. The third-order valence-corrected chi connectivity index (χ3v) is 7.54. The summed E-state index contributed by atoms with van der Waals surface area (Å²) in [4.78, 5) is 37.4. The second kappa shape index (κ2) is 11.7. The van der Waals surface area contributed by atoms with Crippen molar-refractivity contribution in [2.45, 2.75) is 25.6 Å². The van der Waals surface area contributed by atoms with Gasteiger partial charge in [-0.25, -0.2) is 0 Å². The molecule has 7 nitrogen and oxygen atoms in total. The molecule has 2 aliphatic heterocycles. The Labute approximate surface area is 236 Å². The number of benzene rings is 3. The van der Waals surface area contributed by atoms with Crippen LogP contribution >= 0.6 is 0 Å². The molecule has 1 N–H and O–H groups in total. The standard InChI is InChI=1S/C31H31F3N4O3/c1-21-5-3-4-6-27(21)22-7-9-23(10-8-22)29(39)38-20-25(35-41-2)19-28(38)30(40)37-17-15-36(16-18-37)26-13-11-24(12-14-26)31(32,33)34/h3-14,20,28,35H,15-19H2,1-2H3. The molecule has 1 atom stereocenters. The van der Waals surface area contributed by atoms with E-state index < -0.39 is 17.8 Å². The summed E-state index contributed by atoms with van der Waals surface area (Å²) >= 11 is 0. The van der Waals surface area contributed by atoms with Crippen molar-refractivity contribution in [2.24, 2.45) is 0 Å². The Kier molecular flexibility index (Phi) is 8.03. The number of alkyl halides is 3. The molecule has 2 aliphatic rings. The van der Waals surface area contributed by atoms with E-state index >= 15 is 0 Å². The maximum atomic E-state index is 13.7. The summed E-state index contributed by atoms with van der Waals surface area (Å²) in [5.74, 6) is -0.484. The number of hydrogen-bond acceptors (Lipinski definition) is 5. The molecule has 0 spiro atoms. The second-order valence-electron chi connectivity index (χ2n) is 10.1. The summed E-state index contributed by atoms with van der Waals surface area (Å²) in [6.45, 7) is 3.74. The van der Waals surface area contributed by atoms with Crippen LogP contribution in [-0.4, -0.2) is 60.9 Å². The summed E-state index contributed by atoms with van der Waals surface area (Å²) in [5, 5.41) is 0. The molecule has 3 aromatic carbocycles. The minimum absolute atomic E-state index is 0.189. The van der Waals surface area contributed by atoms with Crippen LogP contribution in [0.15, 0.2) is 84.7 Å². The van der Waals surface area contributed by atoms with Crippen molar-refractivity contribution >= 4 is 17.5 Å². The van der Waals surface area contributed by atoms with Crippen LogP contribution in [0.3, 0.4) is 0 Å². The van der Waals surface area contributed by atoms with E-state index in [1.807, 2.05) is 48.2 Å². The zero-order chi connectivity index (χ0) is 29.1. The zero-order valence-electron chi connectivity index (χ0n) is 22.8. The van der Waals surface area contributed by atoms with Crippen molar-refractivity contribution in [1.82, 2.24) is 15.3 Å². The number of hydrogen-bond donors (Lipinski definition) is 1. The predicted molar refractivity (Wildman–Crippen MR) is 150 cm³/mol. The van der Waals surface area contributed by atoms with Gasteiger partial charge in [-0.3, -0.25) is 19.9 Å². The normalized spacial score (nSPS) is 17.4. The fraction of sp³-hybridized carbons (Fsp3) is 0.290. The molecule has 1 fully saturated rings. The van der Waals surface area contributed by atoms with Crippen LogP contribution in [0.25, 0.3) is 11.1 Å². The van der Waals surface area contributed by atoms with Gasteiger partial charge in [0.25, 0.3) is 5.91 Å². The summed E-state index contributed by atoms with van der Waals surface area (Å²) in [6, 6.07) is 19.7. The molecule has 2 amide bonds. The van der Waals surface area contributed by atoms with Crippen molar-refractivity contribution in [3.63, 3.8) is 0 Å². The number of rotatable bonds is 6. The van der Waals surface area contributed by atoms with Crippen molar-refractivity contribution < 1.29 is 27.6 Å². The van der Waals surface area contributed by atoms with Gasteiger partial charge in [-0.05, 0) is 60.0 Å². The summed E-state index contributed by atoms with van der Waals surface area (Å²) in [5.41, 5.74) is 7.02. The molecule has 2 heterocycles. The largest absolute Gasteiger partial charge is 0.416 e. The predicted octanol–water partition coefficient (Wildman–Crippen LogP) is 5.24. The number of halogens is 3. The number of piperazine rings is 1. The van der Waals surface area contributed by atoms with Crippen molar-refractivity contribution in [3.8, 4) is 11.1 Å². The lowest BCUT2D eigenvalue weighted by molar-refractivity contribution is -0.137. The van der Waals surface area contributed by atoms with E-state index in [1.54, 1.807) is 23.2 Å². The average molecular weight is 565 g/mol. The van der Waals surface area contributed by atoms with E-state index in [9.17, 15) is 22.8 Å². The number of amides is 2. The van der Waals surface area contributed by atoms with E-state index in [-0.39, 0.29) is 18.2 Å². The lowest BCUT2D eigenvalue weighted by Gasteiger charge is -2.38. The van der Waals surface area contributed by atoms with Crippen LogP contribution < -0.4 is 10.4 Å². The van der Waals surface area contributed by atoms with Gasteiger partial charge in [0.15, 0.2) is 0 Å². The molecule has 0 aliphatic carbocycles. The van der Waals surface area contributed by atoms with E-state index in [2.05, 4.69) is 5.48 Å². The summed E-state index contributed by atoms with van der Waals surface area (Å²) in [6.07, 6.45) is -2.50. The molecule has 1 unspecified atom stereocenters. The number of aryl methyl sites for hydroxylation is 1. The molecule has 0 aromatic heterocycles. The third kappa shape index (κ3) is 6.07. The first-order valence-electron chi connectivity index (χ1n) is 13.3. The van der Waals surface area contributed by atoms with Crippen LogP contribution in [0.4, 0.5) is 18.9 Å². The van der Waals surface area contributed by atoms with E-state index in [0.29, 0.717) is 43.1 Å². The number of hydroxylamine groups is 1. The maximum absolute atomic E-state index is 13.7. The highest BCUT2D eigenvalue weighted by atomic mass is 19.4. The Bertz CT molecular complexity index is 1430. The molecule has 10 heteroatoms. The van der Waals surface area contributed by atoms with Gasteiger partial charge in [-0.2, -0.15) is 13.2 Å². The van der Waals surface area contributed by atoms with E-state index in [4.69, 9.17) is 4.84 Å². The van der Waals surface area contributed by atoms with Gasteiger partial charge < -0.3 is 14.7 Å². The molecular formula is C31H31F3N4O3.